The Bertz CT molecular complexity index is 1500. The maximum absolute atomic E-state index is 11.5. The van der Waals surface area contributed by atoms with E-state index in [1.807, 2.05) is 0 Å². The van der Waals surface area contributed by atoms with Gasteiger partial charge in [0.25, 0.3) is 20.2 Å². The smallest absolute Gasteiger partial charge is 0.294 e. The van der Waals surface area contributed by atoms with Crippen LogP contribution in [0.2, 0.25) is 0 Å². The quantitative estimate of drug-likeness (QED) is 0.193. The van der Waals surface area contributed by atoms with Crippen LogP contribution in [-0.4, -0.2) is 42.1 Å². The van der Waals surface area contributed by atoms with Crippen LogP contribution in [0.3, 0.4) is 0 Å². The zero-order valence-electron chi connectivity index (χ0n) is 17.4. The van der Waals surface area contributed by atoms with Crippen molar-refractivity contribution in [3.63, 3.8) is 0 Å². The normalized spacial score (nSPS) is 11.7. The summed E-state index contributed by atoms with van der Waals surface area (Å²) in [6.45, 7) is 4.85. The van der Waals surface area contributed by atoms with Gasteiger partial charge in [0.2, 0.25) is 5.91 Å². The van der Waals surface area contributed by atoms with Crippen LogP contribution in [-0.2, 0) is 25.0 Å². The number of primary amides is 1. The van der Waals surface area contributed by atoms with E-state index in [0.29, 0.717) is 5.57 Å². The molecule has 1 amide bonds. The molecule has 34 heavy (non-hydrogen) atoms. The number of hydrogen-bond donors (Lipinski definition) is 5. The van der Waals surface area contributed by atoms with Crippen molar-refractivity contribution in [3.05, 3.63) is 60.7 Å². The molecular formula is C20H19N3O9S2. The van der Waals surface area contributed by atoms with Crippen molar-refractivity contribution in [1.29, 1.82) is 0 Å². The van der Waals surface area contributed by atoms with Gasteiger partial charge in [-0.05, 0) is 54.8 Å². The highest BCUT2D eigenvalue weighted by Gasteiger charge is 2.19. The molecule has 0 radical (unpaired) electrons. The molecule has 3 rings (SSSR count). The molecule has 0 atom stereocenters. The molecule has 12 nitrogen and oxygen atoms in total. The number of rotatable bonds is 5. The number of fused-ring (bicyclic) bond motifs is 1. The molecule has 0 aliphatic carbocycles. The molecule has 0 saturated carbocycles. The first kappa shape index (κ1) is 26.4. The average molecular weight is 510 g/mol. The Morgan fingerprint density at radius 2 is 1.35 bits per heavy atom. The second-order valence-electron chi connectivity index (χ2n) is 6.79. The lowest BCUT2D eigenvalue weighted by molar-refractivity contribution is -0.114. The van der Waals surface area contributed by atoms with Crippen LogP contribution >= 0.6 is 0 Å². The van der Waals surface area contributed by atoms with Crippen LogP contribution in [0, 0.1) is 0 Å². The number of azo groups is 1. The molecule has 0 unspecified atom stereocenters. The monoisotopic (exact) mass is 509 g/mol. The highest BCUT2D eigenvalue weighted by atomic mass is 32.2. The molecule has 0 aliphatic rings. The summed E-state index contributed by atoms with van der Waals surface area (Å²) in [6.07, 6.45) is 0. The lowest BCUT2D eigenvalue weighted by atomic mass is 10.1. The molecule has 0 aromatic heterocycles. The second kappa shape index (κ2) is 9.96. The van der Waals surface area contributed by atoms with E-state index < -0.39 is 41.7 Å². The van der Waals surface area contributed by atoms with E-state index in [1.165, 1.54) is 24.3 Å². The number of phenols is 2. The number of hydrogen-bond acceptors (Lipinski definition) is 9. The Hall–Kier alpha value is -3.85. The molecular weight excluding hydrogens is 490 g/mol. The lowest BCUT2D eigenvalue weighted by Gasteiger charge is -2.09. The third-order valence-corrected chi connectivity index (χ3v) is 5.76. The zero-order valence-corrected chi connectivity index (χ0v) is 19.1. The predicted molar refractivity (Wildman–Crippen MR) is 122 cm³/mol. The summed E-state index contributed by atoms with van der Waals surface area (Å²) in [5.41, 5.74) is 5.20. The second-order valence-corrected chi connectivity index (χ2v) is 9.64. The number of phenolic OH excluding ortho intramolecular Hbond substituents is 2. The van der Waals surface area contributed by atoms with Crippen LogP contribution in [0.4, 0.5) is 11.4 Å². The van der Waals surface area contributed by atoms with Gasteiger partial charge in [0.05, 0.1) is 26.6 Å². The Kier molecular flexibility index (Phi) is 7.74. The number of carbonyl (C=O) groups is 1. The highest BCUT2D eigenvalue weighted by Crippen LogP contribution is 2.38. The van der Waals surface area contributed by atoms with Crippen molar-refractivity contribution in [2.24, 2.45) is 16.0 Å². The minimum absolute atomic E-state index is 0.00634. The number of nitrogens with zero attached hydrogens (tertiary/aromatic N) is 2. The number of carbonyl (C=O) groups excluding carboxylic acids is 1. The Morgan fingerprint density at radius 1 is 0.882 bits per heavy atom. The molecule has 0 bridgehead atoms. The summed E-state index contributed by atoms with van der Waals surface area (Å²) in [6, 6.07) is 9.07. The summed E-state index contributed by atoms with van der Waals surface area (Å²) in [5, 5.41) is 27.0. The largest absolute Gasteiger partial charge is 0.508 e. The van der Waals surface area contributed by atoms with Gasteiger partial charge in [-0.3, -0.25) is 13.9 Å². The van der Waals surface area contributed by atoms with Crippen LogP contribution in [0.15, 0.2) is 80.7 Å². The molecule has 14 heteroatoms. The first-order valence-corrected chi connectivity index (χ1v) is 11.9. The number of amides is 1. The lowest BCUT2D eigenvalue weighted by Crippen LogP contribution is -2.10. The number of aromatic hydroxyl groups is 2. The fourth-order valence-corrected chi connectivity index (χ4v) is 3.50. The van der Waals surface area contributed by atoms with Gasteiger partial charge in [0.15, 0.2) is 0 Å². The molecule has 0 heterocycles. The van der Waals surface area contributed by atoms with E-state index in [0.717, 1.165) is 24.3 Å². The fourth-order valence-electron chi connectivity index (χ4n) is 2.42. The van der Waals surface area contributed by atoms with Gasteiger partial charge in [-0.25, -0.2) is 0 Å². The first-order valence-electron chi connectivity index (χ1n) is 9.01. The van der Waals surface area contributed by atoms with Crippen LogP contribution in [0.1, 0.15) is 6.92 Å². The van der Waals surface area contributed by atoms with Crippen molar-refractivity contribution in [3.8, 4) is 11.5 Å². The molecule has 3 aromatic rings. The topological polar surface area (TPSA) is 217 Å². The van der Waals surface area contributed by atoms with Crippen molar-refractivity contribution in [1.82, 2.24) is 0 Å². The van der Waals surface area contributed by atoms with Gasteiger partial charge in [0, 0.05) is 11.6 Å². The standard InChI is InChI=1S/C16H12N2O8S2.C4H7NO/c19-11-3-1-10(2-4-11)17-18-14-7-12(27(21,22)23)5-9-6-13(28(24,25)26)8-15(20)16(9)14;1-3(2)4(5)6/h1-8,19-20H,(H,21,22,23)(H,24,25,26);1H2,2H3,(H2,5,6). The van der Waals surface area contributed by atoms with Crippen LogP contribution < -0.4 is 5.73 Å². The predicted octanol–water partition coefficient (Wildman–Crippen LogP) is 3.21. The molecule has 0 fully saturated rings. The van der Waals surface area contributed by atoms with Gasteiger partial charge in [0.1, 0.15) is 11.5 Å². The van der Waals surface area contributed by atoms with E-state index in [9.17, 15) is 40.9 Å². The first-order chi connectivity index (χ1) is 15.6. The van der Waals surface area contributed by atoms with Gasteiger partial charge in [-0.1, -0.05) is 6.58 Å². The summed E-state index contributed by atoms with van der Waals surface area (Å²) in [4.78, 5) is 8.53. The minimum atomic E-state index is -4.69. The van der Waals surface area contributed by atoms with Crippen molar-refractivity contribution in [2.75, 3.05) is 0 Å². The highest BCUT2D eigenvalue weighted by molar-refractivity contribution is 7.86. The SMILES string of the molecule is C=C(C)C(N)=O.O=S(=O)(O)c1cc(O)c2c(N=Nc3ccc(O)cc3)cc(S(=O)(=O)O)cc2c1. The Labute approximate surface area is 194 Å². The summed E-state index contributed by atoms with van der Waals surface area (Å²) < 4.78 is 64.3. The van der Waals surface area contributed by atoms with E-state index in [-0.39, 0.29) is 27.9 Å². The summed E-state index contributed by atoms with van der Waals surface area (Å²) in [5.74, 6) is -1.05. The third kappa shape index (κ3) is 6.82. The van der Waals surface area contributed by atoms with Gasteiger partial charge in [-0.15, -0.1) is 5.11 Å². The average Bonchev–Trinajstić information content (AvgIpc) is 2.71. The summed E-state index contributed by atoms with van der Waals surface area (Å²) >= 11 is 0. The number of benzene rings is 3. The fraction of sp³-hybridized carbons (Fsp3) is 0.0500. The van der Waals surface area contributed by atoms with Crippen molar-refractivity contribution in [2.45, 2.75) is 16.7 Å². The molecule has 180 valence electrons. The molecule has 0 aliphatic heterocycles. The van der Waals surface area contributed by atoms with Crippen molar-refractivity contribution >= 4 is 48.3 Å². The molecule has 6 N–H and O–H groups in total. The Morgan fingerprint density at radius 3 is 1.79 bits per heavy atom. The third-order valence-electron chi connectivity index (χ3n) is 4.09. The molecule has 0 saturated heterocycles. The number of nitrogens with two attached hydrogens (primary N) is 1. The zero-order chi connectivity index (χ0) is 25.8. The van der Waals surface area contributed by atoms with Crippen LogP contribution in [0.25, 0.3) is 10.8 Å². The van der Waals surface area contributed by atoms with Crippen LogP contribution in [0.5, 0.6) is 11.5 Å². The maximum atomic E-state index is 11.5. The Balaban J connectivity index is 0.000000604. The van der Waals surface area contributed by atoms with Crippen molar-refractivity contribution < 1.29 is 40.9 Å². The van der Waals surface area contributed by atoms with Gasteiger partial charge < -0.3 is 15.9 Å². The van der Waals surface area contributed by atoms with Gasteiger partial charge >= 0.3 is 0 Å². The minimum Gasteiger partial charge on any atom is -0.508 e. The summed E-state index contributed by atoms with van der Waals surface area (Å²) in [7, 11) is -9.38. The van der Waals surface area contributed by atoms with E-state index in [1.54, 1.807) is 6.92 Å². The van der Waals surface area contributed by atoms with E-state index in [2.05, 4.69) is 16.8 Å². The maximum Gasteiger partial charge on any atom is 0.294 e. The van der Waals surface area contributed by atoms with E-state index >= 15 is 0 Å². The van der Waals surface area contributed by atoms with E-state index in [4.69, 9.17) is 5.73 Å². The molecule has 0 spiro atoms. The molecule has 3 aromatic carbocycles. The van der Waals surface area contributed by atoms with Gasteiger partial charge in [-0.2, -0.15) is 21.9 Å².